The molecule has 0 N–H and O–H groups in total. The fourth-order valence-corrected chi connectivity index (χ4v) is 5.00. The standard InChI is InChI=1S/C28H36N2.2C6H13.Pd/c1-4-7-12-22-14-10-17-24(19-22)27-21-26(16-9-6-3)28(30(27)29)25-18-11-15-23(20-25)13-8-5-2;2*1-3-5-6-4-2;/h10-11,14-15,17-21H,4-9,12-13,16H2,1-3H3;2*1,3-6H2,2H3;/q;2*-1;+2. The minimum atomic E-state index is 0. The molecule has 0 bridgehead atoms. The van der Waals surface area contributed by atoms with E-state index in [1.54, 1.807) is 0 Å². The zero-order valence-electron chi connectivity index (χ0n) is 28.3. The second-order valence-electron chi connectivity index (χ2n) is 11.5. The summed E-state index contributed by atoms with van der Waals surface area (Å²) < 4.78 is 1.43. The van der Waals surface area contributed by atoms with Gasteiger partial charge < -0.3 is 19.4 Å². The van der Waals surface area contributed by atoms with Crippen LogP contribution in [-0.2, 0) is 33.3 Å². The third-order valence-corrected chi connectivity index (χ3v) is 7.62. The largest absolute Gasteiger partial charge is 2.00 e. The summed E-state index contributed by atoms with van der Waals surface area (Å²) in [6.07, 6.45) is 22.6. The molecule has 3 rings (SSSR count). The van der Waals surface area contributed by atoms with Crippen LogP contribution in [0.3, 0.4) is 0 Å². The van der Waals surface area contributed by atoms with E-state index in [9.17, 15) is 5.53 Å². The molecule has 2 nitrogen and oxygen atoms in total. The third kappa shape index (κ3) is 16.2. The van der Waals surface area contributed by atoms with Crippen LogP contribution in [0.5, 0.6) is 0 Å². The summed E-state index contributed by atoms with van der Waals surface area (Å²) in [6.45, 7) is 18.5. The van der Waals surface area contributed by atoms with Crippen LogP contribution < -0.4 is 0 Å². The maximum absolute atomic E-state index is 11.3. The predicted molar refractivity (Wildman–Crippen MR) is 187 cm³/mol. The molecule has 43 heavy (non-hydrogen) atoms. The Balaban J connectivity index is 0.00000115. The van der Waals surface area contributed by atoms with E-state index >= 15 is 0 Å². The number of unbranched alkanes of at least 4 members (excludes halogenated alkanes) is 9. The molecule has 1 heterocycles. The van der Waals surface area contributed by atoms with Gasteiger partial charge in [0.25, 0.3) is 0 Å². The molecule has 0 aromatic heterocycles. The van der Waals surface area contributed by atoms with Crippen LogP contribution in [0.15, 0.2) is 60.2 Å². The number of aryl methyl sites for hydroxylation is 2. The maximum Gasteiger partial charge on any atom is 2.00 e. The van der Waals surface area contributed by atoms with E-state index < -0.39 is 0 Å². The summed E-state index contributed by atoms with van der Waals surface area (Å²) in [5.41, 5.74) is 19.3. The van der Waals surface area contributed by atoms with E-state index in [1.165, 1.54) is 85.6 Å². The average molecular weight is 677 g/mol. The van der Waals surface area contributed by atoms with Gasteiger partial charge in [0.1, 0.15) is 0 Å². The normalized spacial score (nSPS) is 12.2. The monoisotopic (exact) mass is 676 g/mol. The van der Waals surface area contributed by atoms with Gasteiger partial charge in [-0.15, -0.1) is 0 Å². The second kappa shape index (κ2) is 26.6. The van der Waals surface area contributed by atoms with Gasteiger partial charge in [0, 0.05) is 22.8 Å². The van der Waals surface area contributed by atoms with Crippen molar-refractivity contribution >= 4 is 11.4 Å². The molecule has 1 aliphatic rings. The van der Waals surface area contributed by atoms with Gasteiger partial charge in [0.2, 0.25) is 11.4 Å². The van der Waals surface area contributed by atoms with Gasteiger partial charge in [0.05, 0.1) is 0 Å². The molecule has 2 aromatic rings. The Hall–Kier alpha value is -1.82. The Bertz CT molecular complexity index is 1050. The molecule has 3 heteroatoms. The van der Waals surface area contributed by atoms with Crippen LogP contribution in [-0.4, -0.2) is 4.70 Å². The molecule has 0 fully saturated rings. The van der Waals surface area contributed by atoms with Crippen LogP contribution in [0.2, 0.25) is 0 Å². The van der Waals surface area contributed by atoms with Crippen LogP contribution in [0.25, 0.3) is 16.9 Å². The second-order valence-corrected chi connectivity index (χ2v) is 11.5. The van der Waals surface area contributed by atoms with E-state index in [2.05, 4.69) is 103 Å². The summed E-state index contributed by atoms with van der Waals surface area (Å²) in [5, 5.41) is 0. The van der Waals surface area contributed by atoms with Crippen molar-refractivity contribution in [2.45, 2.75) is 144 Å². The summed E-state index contributed by atoms with van der Waals surface area (Å²) in [6, 6.07) is 17.4. The van der Waals surface area contributed by atoms with E-state index in [0.29, 0.717) is 0 Å². The first-order valence-electron chi connectivity index (χ1n) is 17.2. The number of benzene rings is 2. The molecule has 0 saturated heterocycles. The molecular formula is C40H62N2Pd. The first-order valence-corrected chi connectivity index (χ1v) is 17.2. The Kier molecular flexibility index (Phi) is 25.4. The predicted octanol–water partition coefficient (Wildman–Crippen LogP) is 13.2. The van der Waals surface area contributed by atoms with Gasteiger partial charge in [-0.25, -0.2) is 4.70 Å². The molecule has 2 aromatic carbocycles. The molecular weight excluding hydrogens is 615 g/mol. The fourth-order valence-electron chi connectivity index (χ4n) is 5.00. The quantitative estimate of drug-likeness (QED) is 0.0689. The van der Waals surface area contributed by atoms with Crippen LogP contribution in [0, 0.1) is 13.8 Å². The molecule has 242 valence electrons. The number of nitrogens with zero attached hydrogens (tertiary/aromatic N) is 2. The summed E-state index contributed by atoms with van der Waals surface area (Å²) in [7, 11) is 0. The van der Waals surface area contributed by atoms with Gasteiger partial charge in [-0.2, -0.15) is 12.8 Å². The van der Waals surface area contributed by atoms with Crippen molar-refractivity contribution < 1.29 is 25.1 Å². The van der Waals surface area contributed by atoms with E-state index in [0.717, 1.165) is 67.5 Å². The fraction of sp³-hybridized carbons (Fsp3) is 0.550. The Labute approximate surface area is 281 Å². The molecule has 0 radical (unpaired) electrons. The molecule has 0 spiro atoms. The molecule has 0 amide bonds. The maximum atomic E-state index is 11.3. The van der Waals surface area contributed by atoms with Crippen molar-refractivity contribution in [3.8, 4) is 0 Å². The Morgan fingerprint density at radius 2 is 1.02 bits per heavy atom. The Morgan fingerprint density at radius 3 is 1.47 bits per heavy atom. The SMILES string of the molecule is CCCCC1=C(c2cccc(CCCC)c2)[N+](=[N-])C(c2cccc(CCCC)c2)=C1.[CH2-]CCCCC.[CH2-]CCCCC.[Pd+2]. The van der Waals surface area contributed by atoms with Gasteiger partial charge in [-0.3, -0.25) is 0 Å². The third-order valence-electron chi connectivity index (χ3n) is 7.62. The van der Waals surface area contributed by atoms with Crippen molar-refractivity contribution in [3.05, 3.63) is 102 Å². The topological polar surface area (TPSA) is 25.3 Å². The number of rotatable bonds is 17. The van der Waals surface area contributed by atoms with E-state index in [-0.39, 0.29) is 20.4 Å². The van der Waals surface area contributed by atoms with Gasteiger partial charge in [-0.1, -0.05) is 117 Å². The molecule has 0 aliphatic carbocycles. The minimum absolute atomic E-state index is 0. The average Bonchev–Trinajstić information content (AvgIpc) is 3.36. The first kappa shape index (κ1) is 41.2. The molecule has 0 unspecified atom stereocenters. The number of hydrogen-bond donors (Lipinski definition) is 0. The van der Waals surface area contributed by atoms with E-state index in [4.69, 9.17) is 0 Å². The number of allylic oxidation sites excluding steroid dienone is 2. The van der Waals surface area contributed by atoms with Gasteiger partial charge >= 0.3 is 20.4 Å². The molecule has 1 aliphatic heterocycles. The molecule has 0 saturated carbocycles. The van der Waals surface area contributed by atoms with Gasteiger partial charge in [-0.05, 0) is 73.9 Å². The smallest absolute Gasteiger partial charge is 0.493 e. The van der Waals surface area contributed by atoms with Crippen molar-refractivity contribution in [1.29, 1.82) is 0 Å². The zero-order chi connectivity index (χ0) is 31.0. The van der Waals surface area contributed by atoms with E-state index in [1.807, 2.05) is 0 Å². The molecule has 0 atom stereocenters. The van der Waals surface area contributed by atoms with Crippen molar-refractivity contribution in [3.63, 3.8) is 0 Å². The summed E-state index contributed by atoms with van der Waals surface area (Å²) in [5.74, 6) is 0. The van der Waals surface area contributed by atoms with Crippen molar-refractivity contribution in [2.75, 3.05) is 0 Å². The van der Waals surface area contributed by atoms with Crippen LogP contribution >= 0.6 is 0 Å². The summed E-state index contributed by atoms with van der Waals surface area (Å²) >= 11 is 0. The Morgan fingerprint density at radius 1 is 0.581 bits per heavy atom. The summed E-state index contributed by atoms with van der Waals surface area (Å²) in [4.78, 5) is 0. The van der Waals surface area contributed by atoms with Crippen molar-refractivity contribution in [1.82, 2.24) is 0 Å². The number of hydrogen-bond acceptors (Lipinski definition) is 0. The van der Waals surface area contributed by atoms with Crippen LogP contribution in [0.4, 0.5) is 0 Å². The van der Waals surface area contributed by atoms with Gasteiger partial charge in [0.15, 0.2) is 0 Å². The first-order chi connectivity index (χ1) is 20.5. The van der Waals surface area contributed by atoms with Crippen molar-refractivity contribution in [2.24, 2.45) is 0 Å². The van der Waals surface area contributed by atoms with Crippen LogP contribution in [0.1, 0.15) is 153 Å². The minimum Gasteiger partial charge on any atom is -0.493 e. The zero-order valence-corrected chi connectivity index (χ0v) is 29.9.